The molecule has 1 unspecified atom stereocenters. The molecule has 0 bridgehead atoms. The van der Waals surface area contributed by atoms with E-state index in [4.69, 9.17) is 4.42 Å². The lowest BCUT2D eigenvalue weighted by Crippen LogP contribution is -2.39. The molecule has 2 heterocycles. The summed E-state index contributed by atoms with van der Waals surface area (Å²) in [6.45, 7) is 4.70. The van der Waals surface area contributed by atoms with E-state index in [0.717, 1.165) is 32.4 Å². The van der Waals surface area contributed by atoms with Gasteiger partial charge in [0.25, 0.3) is 5.91 Å². The summed E-state index contributed by atoms with van der Waals surface area (Å²) < 4.78 is 5.23. The third-order valence-corrected chi connectivity index (χ3v) is 3.53. The monoisotopic (exact) mass is 294 g/mol. The standard InChI is InChI=1S/C15H22N2O4/c1-11-8-13(19)9-14(21-11)15(20)16-5-3-7-17-6-2-4-12(18)10-17/h8-9,12,18H,2-7,10H2,1H3,(H,16,20). The predicted molar refractivity (Wildman–Crippen MR) is 78.3 cm³/mol. The molecule has 1 aliphatic rings. The maximum absolute atomic E-state index is 11.9. The van der Waals surface area contributed by atoms with Crippen molar-refractivity contribution in [2.75, 3.05) is 26.2 Å². The van der Waals surface area contributed by atoms with Crippen LogP contribution in [0.4, 0.5) is 0 Å². The Morgan fingerprint density at radius 2 is 2.33 bits per heavy atom. The van der Waals surface area contributed by atoms with E-state index in [0.29, 0.717) is 18.8 Å². The van der Waals surface area contributed by atoms with Crippen LogP contribution in [0.1, 0.15) is 35.6 Å². The number of aliphatic hydroxyl groups excluding tert-OH is 1. The smallest absolute Gasteiger partial charge is 0.287 e. The van der Waals surface area contributed by atoms with Crippen molar-refractivity contribution in [2.45, 2.75) is 32.3 Å². The van der Waals surface area contributed by atoms with Crippen LogP contribution in [0.25, 0.3) is 0 Å². The second-order valence-electron chi connectivity index (χ2n) is 5.47. The number of amides is 1. The molecule has 21 heavy (non-hydrogen) atoms. The number of nitrogens with one attached hydrogen (secondary N) is 1. The van der Waals surface area contributed by atoms with Crippen molar-refractivity contribution in [3.8, 4) is 0 Å². The Hall–Kier alpha value is -1.66. The zero-order valence-electron chi connectivity index (χ0n) is 12.3. The van der Waals surface area contributed by atoms with Crippen LogP contribution in [0.5, 0.6) is 0 Å². The zero-order chi connectivity index (χ0) is 15.2. The Balaban J connectivity index is 1.73. The van der Waals surface area contributed by atoms with Gasteiger partial charge in [0, 0.05) is 25.2 Å². The van der Waals surface area contributed by atoms with Crippen LogP contribution >= 0.6 is 0 Å². The van der Waals surface area contributed by atoms with Gasteiger partial charge >= 0.3 is 0 Å². The minimum absolute atomic E-state index is 0.0494. The minimum Gasteiger partial charge on any atom is -0.456 e. The highest BCUT2D eigenvalue weighted by Crippen LogP contribution is 2.09. The lowest BCUT2D eigenvalue weighted by molar-refractivity contribution is 0.0696. The van der Waals surface area contributed by atoms with Gasteiger partial charge in [0.2, 0.25) is 0 Å². The van der Waals surface area contributed by atoms with Gasteiger partial charge in [0.1, 0.15) is 5.76 Å². The Bertz CT molecular complexity index is 541. The number of aliphatic hydroxyl groups is 1. The van der Waals surface area contributed by atoms with Crippen LogP contribution in [0, 0.1) is 6.92 Å². The first kappa shape index (κ1) is 15.7. The molecule has 1 fully saturated rings. The quantitative estimate of drug-likeness (QED) is 0.774. The highest BCUT2D eigenvalue weighted by atomic mass is 16.3. The summed E-state index contributed by atoms with van der Waals surface area (Å²) in [6.07, 6.45) is 2.46. The first-order chi connectivity index (χ1) is 10.0. The van der Waals surface area contributed by atoms with E-state index in [1.165, 1.54) is 12.1 Å². The molecule has 1 saturated heterocycles. The van der Waals surface area contributed by atoms with E-state index in [1.54, 1.807) is 6.92 Å². The van der Waals surface area contributed by atoms with Crippen molar-refractivity contribution in [2.24, 2.45) is 0 Å². The van der Waals surface area contributed by atoms with Gasteiger partial charge in [-0.25, -0.2) is 0 Å². The largest absolute Gasteiger partial charge is 0.456 e. The van der Waals surface area contributed by atoms with Crippen molar-refractivity contribution in [1.29, 1.82) is 0 Å². The number of hydrogen-bond acceptors (Lipinski definition) is 5. The molecule has 0 saturated carbocycles. The summed E-state index contributed by atoms with van der Waals surface area (Å²) in [4.78, 5) is 25.4. The molecule has 1 aromatic rings. The number of hydrogen-bond donors (Lipinski definition) is 2. The summed E-state index contributed by atoms with van der Waals surface area (Å²) in [7, 11) is 0. The van der Waals surface area contributed by atoms with Crippen LogP contribution in [0.2, 0.25) is 0 Å². The summed E-state index contributed by atoms with van der Waals surface area (Å²) >= 11 is 0. The fourth-order valence-corrected chi connectivity index (χ4v) is 2.54. The minimum atomic E-state index is -0.366. The molecule has 1 amide bonds. The van der Waals surface area contributed by atoms with Gasteiger partial charge in [0.15, 0.2) is 11.2 Å². The molecule has 116 valence electrons. The maximum Gasteiger partial charge on any atom is 0.287 e. The molecule has 2 N–H and O–H groups in total. The normalized spacial score (nSPS) is 19.4. The van der Waals surface area contributed by atoms with Gasteiger partial charge in [-0.2, -0.15) is 0 Å². The number of carbonyl (C=O) groups excluding carboxylic acids is 1. The van der Waals surface area contributed by atoms with Crippen LogP contribution in [-0.2, 0) is 0 Å². The lowest BCUT2D eigenvalue weighted by Gasteiger charge is -2.29. The highest BCUT2D eigenvalue weighted by molar-refractivity contribution is 5.91. The molecule has 0 spiro atoms. The fourth-order valence-electron chi connectivity index (χ4n) is 2.54. The molecule has 0 radical (unpaired) electrons. The molecular weight excluding hydrogens is 272 g/mol. The second kappa shape index (κ2) is 7.38. The predicted octanol–water partition coefficient (Wildman–Crippen LogP) is 0.525. The number of β-amino-alcohol motifs (C(OH)–C–C–N with tert-alkyl or cyclic N) is 1. The summed E-state index contributed by atoms with van der Waals surface area (Å²) in [5, 5.41) is 12.3. The van der Waals surface area contributed by atoms with E-state index in [-0.39, 0.29) is 23.2 Å². The third kappa shape index (κ3) is 4.99. The number of aryl methyl sites for hydroxylation is 1. The molecule has 0 aliphatic carbocycles. The van der Waals surface area contributed by atoms with Crippen molar-refractivity contribution < 1.29 is 14.3 Å². The van der Waals surface area contributed by atoms with Gasteiger partial charge in [-0.3, -0.25) is 9.59 Å². The molecule has 0 aromatic carbocycles. The molecular formula is C15H22N2O4. The first-order valence-electron chi connectivity index (χ1n) is 7.35. The van der Waals surface area contributed by atoms with E-state index in [9.17, 15) is 14.7 Å². The number of carbonyl (C=O) groups is 1. The van der Waals surface area contributed by atoms with Crippen molar-refractivity contribution >= 4 is 5.91 Å². The molecule has 1 aliphatic heterocycles. The van der Waals surface area contributed by atoms with E-state index < -0.39 is 0 Å². The van der Waals surface area contributed by atoms with Gasteiger partial charge in [-0.05, 0) is 39.3 Å². The van der Waals surface area contributed by atoms with Crippen molar-refractivity contribution in [3.05, 3.63) is 33.9 Å². The summed E-state index contributed by atoms with van der Waals surface area (Å²) in [5.74, 6) is 0.109. The van der Waals surface area contributed by atoms with Gasteiger partial charge in [0.05, 0.1) is 6.10 Å². The van der Waals surface area contributed by atoms with E-state index in [1.807, 2.05) is 0 Å². The van der Waals surface area contributed by atoms with Gasteiger partial charge in [-0.1, -0.05) is 0 Å². The lowest BCUT2D eigenvalue weighted by atomic mass is 10.1. The molecule has 1 atom stereocenters. The molecule has 1 aromatic heterocycles. The maximum atomic E-state index is 11.9. The van der Waals surface area contributed by atoms with Crippen molar-refractivity contribution in [1.82, 2.24) is 10.2 Å². The average Bonchev–Trinajstić information content (AvgIpc) is 2.42. The molecule has 6 heteroatoms. The Morgan fingerprint density at radius 1 is 1.52 bits per heavy atom. The SMILES string of the molecule is Cc1cc(=O)cc(C(=O)NCCCN2CCCC(O)C2)o1. The van der Waals surface area contributed by atoms with E-state index in [2.05, 4.69) is 10.2 Å². The fraction of sp³-hybridized carbons (Fsp3) is 0.600. The highest BCUT2D eigenvalue weighted by Gasteiger charge is 2.17. The van der Waals surface area contributed by atoms with Crippen LogP contribution < -0.4 is 10.7 Å². The number of rotatable bonds is 5. The Kier molecular flexibility index (Phi) is 5.52. The summed E-state index contributed by atoms with van der Waals surface area (Å²) in [5.41, 5.74) is -0.230. The Labute approximate surface area is 123 Å². The van der Waals surface area contributed by atoms with Crippen molar-refractivity contribution in [3.63, 3.8) is 0 Å². The summed E-state index contributed by atoms with van der Waals surface area (Å²) in [6, 6.07) is 2.54. The average molecular weight is 294 g/mol. The first-order valence-corrected chi connectivity index (χ1v) is 7.35. The van der Waals surface area contributed by atoms with E-state index >= 15 is 0 Å². The Morgan fingerprint density at radius 3 is 3.05 bits per heavy atom. The van der Waals surface area contributed by atoms with Gasteiger partial charge < -0.3 is 19.7 Å². The molecule has 2 rings (SSSR count). The number of likely N-dealkylation sites (tertiary alicyclic amines) is 1. The van der Waals surface area contributed by atoms with Gasteiger partial charge in [-0.15, -0.1) is 0 Å². The second-order valence-corrected chi connectivity index (χ2v) is 5.47. The van der Waals surface area contributed by atoms with Crippen LogP contribution in [0.3, 0.4) is 0 Å². The zero-order valence-corrected chi connectivity index (χ0v) is 12.3. The third-order valence-electron chi connectivity index (χ3n) is 3.53. The van der Waals surface area contributed by atoms with Crippen LogP contribution in [-0.4, -0.2) is 48.2 Å². The van der Waals surface area contributed by atoms with Crippen LogP contribution in [0.15, 0.2) is 21.3 Å². The topological polar surface area (TPSA) is 82.8 Å². The molecule has 6 nitrogen and oxygen atoms in total. The number of piperidine rings is 1. The number of nitrogens with zero attached hydrogens (tertiary/aromatic N) is 1.